The van der Waals surface area contributed by atoms with Crippen LogP contribution in [0.15, 0.2) is 41.6 Å². The van der Waals surface area contributed by atoms with E-state index in [2.05, 4.69) is 5.32 Å². The van der Waals surface area contributed by atoms with Crippen molar-refractivity contribution in [3.63, 3.8) is 0 Å². The zero-order valence-electron chi connectivity index (χ0n) is 14.6. The maximum absolute atomic E-state index is 12.7. The number of β-lactam (4-membered cyclic amide) rings is 1. The molecule has 2 saturated carbocycles. The fourth-order valence-corrected chi connectivity index (χ4v) is 6.97. The Morgan fingerprint density at radius 3 is 2.74 bits per heavy atom. The molecular weight excluding hydrogens is 364 g/mol. The molecule has 0 bridgehead atoms. The molecule has 2 amide bonds. The normalized spacial score (nSPS) is 33.4. The van der Waals surface area contributed by atoms with Crippen molar-refractivity contribution < 1.29 is 19.5 Å². The molecule has 0 radical (unpaired) electrons. The highest BCUT2D eigenvalue weighted by Crippen LogP contribution is 2.62. The molecule has 0 aromatic heterocycles. The number of amides is 2. The summed E-state index contributed by atoms with van der Waals surface area (Å²) in [4.78, 5) is 38.3. The van der Waals surface area contributed by atoms with Gasteiger partial charge in [0.1, 0.15) is 17.1 Å². The van der Waals surface area contributed by atoms with E-state index in [4.69, 9.17) is 0 Å². The molecule has 2 N–H and O–H groups in total. The third-order valence-electron chi connectivity index (χ3n) is 6.23. The van der Waals surface area contributed by atoms with E-state index < -0.39 is 12.0 Å². The largest absolute Gasteiger partial charge is 0.477 e. The molecule has 7 heteroatoms. The van der Waals surface area contributed by atoms with Gasteiger partial charge in [0.25, 0.3) is 5.91 Å². The topological polar surface area (TPSA) is 86.7 Å². The average molecular weight is 384 g/mol. The Balaban J connectivity index is 1.35. The van der Waals surface area contributed by atoms with Crippen LogP contribution >= 0.6 is 11.8 Å². The number of carboxylic acid groups (broad SMARTS) is 1. The summed E-state index contributed by atoms with van der Waals surface area (Å²) < 4.78 is 0. The molecule has 1 aromatic carbocycles. The maximum atomic E-state index is 12.7. The number of carboxylic acids is 1. The van der Waals surface area contributed by atoms with Crippen molar-refractivity contribution in [2.45, 2.75) is 42.3 Å². The number of aliphatic carboxylic acids is 1. The van der Waals surface area contributed by atoms with Crippen LogP contribution in [-0.2, 0) is 20.8 Å². The second-order valence-corrected chi connectivity index (χ2v) is 8.94. The van der Waals surface area contributed by atoms with Gasteiger partial charge >= 0.3 is 5.97 Å². The second-order valence-electron chi connectivity index (χ2n) is 7.67. The average Bonchev–Trinajstić information content (AvgIpc) is 3.07. The van der Waals surface area contributed by atoms with Crippen LogP contribution in [0.4, 0.5) is 0 Å². The number of benzene rings is 1. The van der Waals surface area contributed by atoms with E-state index in [-0.39, 0.29) is 34.6 Å². The number of thioether (sulfide) groups is 1. The molecule has 140 valence electrons. The number of carbonyl (C=O) groups is 3. The molecule has 2 heterocycles. The molecule has 3 fully saturated rings. The molecule has 2 aliphatic heterocycles. The predicted molar refractivity (Wildman–Crippen MR) is 99.6 cm³/mol. The molecule has 4 aliphatic rings. The van der Waals surface area contributed by atoms with E-state index in [9.17, 15) is 19.5 Å². The first-order valence-corrected chi connectivity index (χ1v) is 10.3. The van der Waals surface area contributed by atoms with Gasteiger partial charge in [-0.05, 0) is 35.8 Å². The lowest BCUT2D eigenvalue weighted by molar-refractivity contribution is -0.151. The van der Waals surface area contributed by atoms with Gasteiger partial charge in [0.2, 0.25) is 5.91 Å². The number of nitrogens with one attached hydrogen (secondary N) is 1. The Morgan fingerprint density at radius 1 is 1.22 bits per heavy atom. The lowest BCUT2D eigenvalue weighted by Gasteiger charge is -2.57. The molecule has 0 unspecified atom stereocenters. The van der Waals surface area contributed by atoms with Gasteiger partial charge in [-0.1, -0.05) is 36.8 Å². The number of fused-ring (bicyclic) bond motifs is 5. The van der Waals surface area contributed by atoms with Crippen molar-refractivity contribution in [3.8, 4) is 0 Å². The van der Waals surface area contributed by atoms with Gasteiger partial charge in [0, 0.05) is 5.25 Å². The highest BCUT2D eigenvalue weighted by molar-refractivity contribution is 8.01. The summed E-state index contributed by atoms with van der Waals surface area (Å²) in [6.07, 6.45) is 3.49. The third-order valence-corrected chi connectivity index (χ3v) is 7.89. The zero-order valence-corrected chi connectivity index (χ0v) is 15.4. The minimum absolute atomic E-state index is 0.186. The highest BCUT2D eigenvalue weighted by Gasteiger charge is 2.62. The molecule has 0 spiro atoms. The first kappa shape index (κ1) is 16.9. The number of nitrogens with zero attached hydrogens (tertiary/aromatic N) is 1. The Labute approximate surface area is 161 Å². The van der Waals surface area contributed by atoms with Crippen molar-refractivity contribution in [2.24, 2.45) is 11.8 Å². The number of hydrogen-bond donors (Lipinski definition) is 2. The van der Waals surface area contributed by atoms with Crippen molar-refractivity contribution in [1.82, 2.24) is 10.2 Å². The van der Waals surface area contributed by atoms with Crippen LogP contribution in [0.1, 0.15) is 24.8 Å². The Kier molecular flexibility index (Phi) is 3.82. The van der Waals surface area contributed by atoms with Gasteiger partial charge in [-0.2, -0.15) is 0 Å². The maximum Gasteiger partial charge on any atom is 0.352 e. The first-order chi connectivity index (χ1) is 13.1. The fraction of sp³-hybridized carbons (Fsp3) is 0.450. The zero-order chi connectivity index (χ0) is 18.7. The standard InChI is InChI=1S/C20H20N2O4S/c23-13(9-10-5-2-1-3-6-10)21-15-18(24)22-16(20(25)26)14-11-7-4-8-12(11)17(14)27-19(15)22/h1-3,5-6,11-12,15,17,19H,4,7-9H2,(H,21,23)(H,25,26)/t11-,12+,15-,17+,19-/m1/s1. The molecular formula is C20H20N2O4S. The molecule has 5 rings (SSSR count). The van der Waals surface area contributed by atoms with Gasteiger partial charge in [-0.15, -0.1) is 11.8 Å². The lowest BCUT2D eigenvalue weighted by atomic mass is 9.69. The van der Waals surface area contributed by atoms with Crippen LogP contribution in [-0.4, -0.2) is 44.5 Å². The number of rotatable bonds is 4. The Hall–Kier alpha value is -2.28. The smallest absolute Gasteiger partial charge is 0.352 e. The minimum atomic E-state index is -1.02. The molecule has 2 aliphatic carbocycles. The fourth-order valence-electron chi connectivity index (χ4n) is 5.04. The van der Waals surface area contributed by atoms with Crippen LogP contribution < -0.4 is 5.32 Å². The van der Waals surface area contributed by atoms with Gasteiger partial charge in [0.15, 0.2) is 0 Å². The minimum Gasteiger partial charge on any atom is -0.477 e. The summed E-state index contributed by atoms with van der Waals surface area (Å²) in [5, 5.41) is 12.4. The number of carbonyl (C=O) groups excluding carboxylic acids is 2. The van der Waals surface area contributed by atoms with Crippen molar-refractivity contribution in [3.05, 3.63) is 47.2 Å². The third kappa shape index (κ3) is 2.44. The molecule has 5 atom stereocenters. The monoisotopic (exact) mass is 384 g/mol. The van der Waals surface area contributed by atoms with Crippen molar-refractivity contribution >= 4 is 29.5 Å². The molecule has 1 aromatic rings. The van der Waals surface area contributed by atoms with E-state index in [1.807, 2.05) is 30.3 Å². The van der Waals surface area contributed by atoms with Crippen molar-refractivity contribution in [2.75, 3.05) is 0 Å². The quantitative estimate of drug-likeness (QED) is 0.773. The summed E-state index contributed by atoms with van der Waals surface area (Å²) in [5.41, 5.74) is 2.02. The summed E-state index contributed by atoms with van der Waals surface area (Å²) in [7, 11) is 0. The van der Waals surface area contributed by atoms with Gasteiger partial charge in [-0.25, -0.2) is 4.79 Å². The van der Waals surface area contributed by atoms with Crippen molar-refractivity contribution in [1.29, 1.82) is 0 Å². The van der Waals surface area contributed by atoms with E-state index in [1.54, 1.807) is 11.8 Å². The Morgan fingerprint density at radius 2 is 2.00 bits per heavy atom. The molecule has 1 saturated heterocycles. The van der Waals surface area contributed by atoms with Gasteiger partial charge in [0.05, 0.1) is 6.42 Å². The van der Waals surface area contributed by atoms with E-state index in [0.717, 1.165) is 30.4 Å². The Bertz CT molecular complexity index is 868. The predicted octanol–water partition coefficient (Wildman–Crippen LogP) is 1.77. The van der Waals surface area contributed by atoms with Crippen LogP contribution in [0.2, 0.25) is 0 Å². The lowest BCUT2D eigenvalue weighted by Crippen LogP contribution is -2.72. The SMILES string of the molecule is O=C(Cc1ccccc1)N[C@@H]1C(=O)N2C(C(=O)O)=C3[C@@H](S[C@H]12)[C@H]1CCC[C@@H]31. The molecule has 27 heavy (non-hydrogen) atoms. The summed E-state index contributed by atoms with van der Waals surface area (Å²) in [6.45, 7) is 0. The van der Waals surface area contributed by atoms with E-state index in [0.29, 0.717) is 11.8 Å². The van der Waals surface area contributed by atoms with E-state index in [1.165, 1.54) is 4.90 Å². The highest BCUT2D eigenvalue weighted by atomic mass is 32.2. The van der Waals surface area contributed by atoms with Gasteiger partial charge in [-0.3, -0.25) is 14.5 Å². The van der Waals surface area contributed by atoms with E-state index >= 15 is 0 Å². The van der Waals surface area contributed by atoms with Gasteiger partial charge < -0.3 is 10.4 Å². The second kappa shape index (κ2) is 6.12. The van der Waals surface area contributed by atoms with Crippen LogP contribution in [0.5, 0.6) is 0 Å². The summed E-state index contributed by atoms with van der Waals surface area (Å²) >= 11 is 1.66. The van der Waals surface area contributed by atoms with Crippen LogP contribution in [0.3, 0.4) is 0 Å². The molecule has 6 nitrogen and oxygen atoms in total. The summed E-state index contributed by atoms with van der Waals surface area (Å²) in [5.74, 6) is -0.683. The number of hydrogen-bond acceptors (Lipinski definition) is 4. The van der Waals surface area contributed by atoms with Crippen LogP contribution in [0, 0.1) is 11.8 Å². The summed E-state index contributed by atoms with van der Waals surface area (Å²) in [6, 6.07) is 8.74. The van der Waals surface area contributed by atoms with Crippen LogP contribution in [0.25, 0.3) is 0 Å². The first-order valence-electron chi connectivity index (χ1n) is 9.35.